The first-order valence-electron chi connectivity index (χ1n) is 5.62. The number of rotatable bonds is 4. The number of anilines is 1. The standard InChI is InChI=1S/C11H16ClN5/c1-7(2)9(6-12)14-10-11-16-15-8(3)17(11)5-4-13-10/h4-5,7,9H,6H2,1-3H3,(H,13,14). The number of aryl methyl sites for hydroxylation is 1. The van der Waals surface area contributed by atoms with Crippen LogP contribution in [0, 0.1) is 12.8 Å². The Kier molecular flexibility index (Phi) is 3.47. The van der Waals surface area contributed by atoms with E-state index in [1.807, 2.05) is 17.5 Å². The lowest BCUT2D eigenvalue weighted by atomic mass is 10.1. The number of hydrogen-bond acceptors (Lipinski definition) is 4. The number of nitrogens with one attached hydrogen (secondary N) is 1. The molecule has 0 spiro atoms. The van der Waals surface area contributed by atoms with Crippen LogP contribution in [0.2, 0.25) is 0 Å². The average Bonchev–Trinajstić information content (AvgIpc) is 2.69. The molecule has 2 aromatic rings. The van der Waals surface area contributed by atoms with Crippen molar-refractivity contribution in [1.82, 2.24) is 19.6 Å². The Bertz CT molecular complexity index is 508. The molecule has 0 saturated carbocycles. The Morgan fingerprint density at radius 2 is 2.18 bits per heavy atom. The molecule has 92 valence electrons. The normalized spacial score (nSPS) is 13.2. The first-order chi connectivity index (χ1) is 8.13. The lowest BCUT2D eigenvalue weighted by Crippen LogP contribution is -2.28. The van der Waals surface area contributed by atoms with Crippen molar-refractivity contribution in [2.75, 3.05) is 11.2 Å². The minimum atomic E-state index is 0.173. The summed E-state index contributed by atoms with van der Waals surface area (Å²) in [5, 5.41) is 11.5. The van der Waals surface area contributed by atoms with Gasteiger partial charge < -0.3 is 5.32 Å². The maximum absolute atomic E-state index is 5.94. The van der Waals surface area contributed by atoms with Gasteiger partial charge in [0.05, 0.1) is 0 Å². The third-order valence-corrected chi connectivity index (χ3v) is 3.12. The summed E-state index contributed by atoms with van der Waals surface area (Å²) in [6, 6.07) is 0.173. The molecule has 1 N–H and O–H groups in total. The summed E-state index contributed by atoms with van der Waals surface area (Å²) < 4.78 is 1.90. The number of aromatic nitrogens is 4. The van der Waals surface area contributed by atoms with Gasteiger partial charge in [0.1, 0.15) is 5.82 Å². The molecule has 0 aliphatic heterocycles. The van der Waals surface area contributed by atoms with E-state index in [4.69, 9.17) is 11.6 Å². The Labute approximate surface area is 105 Å². The molecule has 0 aliphatic carbocycles. The van der Waals surface area contributed by atoms with Crippen LogP contribution in [0.4, 0.5) is 5.82 Å². The Morgan fingerprint density at radius 3 is 2.82 bits per heavy atom. The van der Waals surface area contributed by atoms with Gasteiger partial charge in [-0.2, -0.15) is 0 Å². The summed E-state index contributed by atoms with van der Waals surface area (Å²) in [6.45, 7) is 6.15. The second-order valence-corrected chi connectivity index (χ2v) is 4.67. The summed E-state index contributed by atoms with van der Waals surface area (Å²) >= 11 is 5.94. The second kappa shape index (κ2) is 4.87. The van der Waals surface area contributed by atoms with Gasteiger partial charge >= 0.3 is 0 Å². The van der Waals surface area contributed by atoms with E-state index >= 15 is 0 Å². The number of hydrogen-bond donors (Lipinski definition) is 1. The van der Waals surface area contributed by atoms with Crippen LogP contribution in [0.3, 0.4) is 0 Å². The fourth-order valence-electron chi connectivity index (χ4n) is 1.60. The fourth-order valence-corrected chi connectivity index (χ4v) is 2.04. The van der Waals surface area contributed by atoms with Gasteiger partial charge in [0, 0.05) is 24.3 Å². The molecule has 5 nitrogen and oxygen atoms in total. The smallest absolute Gasteiger partial charge is 0.203 e. The highest BCUT2D eigenvalue weighted by molar-refractivity contribution is 6.18. The molecule has 1 unspecified atom stereocenters. The molecule has 17 heavy (non-hydrogen) atoms. The van der Waals surface area contributed by atoms with Gasteiger partial charge in [-0.05, 0) is 12.8 Å². The quantitative estimate of drug-likeness (QED) is 0.848. The van der Waals surface area contributed by atoms with Crippen molar-refractivity contribution >= 4 is 23.1 Å². The summed E-state index contributed by atoms with van der Waals surface area (Å²) in [5.41, 5.74) is 0.737. The molecule has 2 rings (SSSR count). The summed E-state index contributed by atoms with van der Waals surface area (Å²) in [4.78, 5) is 4.30. The summed E-state index contributed by atoms with van der Waals surface area (Å²) in [5.74, 6) is 2.54. The minimum absolute atomic E-state index is 0.173. The molecule has 0 aromatic carbocycles. The molecule has 2 heterocycles. The number of nitrogens with zero attached hydrogens (tertiary/aromatic N) is 4. The van der Waals surface area contributed by atoms with Crippen molar-refractivity contribution in [2.45, 2.75) is 26.8 Å². The number of fused-ring (bicyclic) bond motifs is 1. The van der Waals surface area contributed by atoms with Crippen LogP contribution in [0.5, 0.6) is 0 Å². The summed E-state index contributed by atoms with van der Waals surface area (Å²) in [7, 11) is 0. The lowest BCUT2D eigenvalue weighted by Gasteiger charge is -2.20. The zero-order valence-electron chi connectivity index (χ0n) is 10.2. The topological polar surface area (TPSA) is 55.1 Å². The van der Waals surface area contributed by atoms with Crippen LogP contribution in [0.25, 0.3) is 5.65 Å². The van der Waals surface area contributed by atoms with Crippen LogP contribution >= 0.6 is 11.6 Å². The molecular formula is C11H16ClN5. The monoisotopic (exact) mass is 253 g/mol. The van der Waals surface area contributed by atoms with Crippen LogP contribution in [-0.4, -0.2) is 31.5 Å². The van der Waals surface area contributed by atoms with E-state index < -0.39 is 0 Å². The Balaban J connectivity index is 2.35. The molecule has 0 aliphatic rings. The van der Waals surface area contributed by atoms with Crippen LogP contribution in [-0.2, 0) is 0 Å². The fraction of sp³-hybridized carbons (Fsp3) is 0.545. The van der Waals surface area contributed by atoms with Gasteiger partial charge in [0.25, 0.3) is 0 Å². The highest BCUT2D eigenvalue weighted by atomic mass is 35.5. The first-order valence-corrected chi connectivity index (χ1v) is 6.15. The highest BCUT2D eigenvalue weighted by Crippen LogP contribution is 2.16. The van der Waals surface area contributed by atoms with Crippen LogP contribution in [0.1, 0.15) is 19.7 Å². The molecule has 0 amide bonds. The lowest BCUT2D eigenvalue weighted by molar-refractivity contribution is 0.563. The average molecular weight is 254 g/mol. The zero-order chi connectivity index (χ0) is 12.4. The number of alkyl halides is 1. The van der Waals surface area contributed by atoms with Crippen molar-refractivity contribution in [3.8, 4) is 0 Å². The van der Waals surface area contributed by atoms with Crippen molar-refractivity contribution in [3.63, 3.8) is 0 Å². The van der Waals surface area contributed by atoms with E-state index in [0.29, 0.717) is 11.8 Å². The predicted molar refractivity (Wildman–Crippen MR) is 68.5 cm³/mol. The first kappa shape index (κ1) is 12.1. The second-order valence-electron chi connectivity index (χ2n) is 4.37. The van der Waals surface area contributed by atoms with Gasteiger partial charge in [-0.3, -0.25) is 4.40 Å². The van der Waals surface area contributed by atoms with Crippen molar-refractivity contribution in [2.24, 2.45) is 5.92 Å². The van der Waals surface area contributed by atoms with E-state index in [2.05, 4.69) is 34.3 Å². The van der Waals surface area contributed by atoms with E-state index in [1.165, 1.54) is 0 Å². The number of halogens is 1. The third-order valence-electron chi connectivity index (χ3n) is 2.79. The Hall–Kier alpha value is -1.36. The van der Waals surface area contributed by atoms with Gasteiger partial charge in [-0.15, -0.1) is 21.8 Å². The van der Waals surface area contributed by atoms with Crippen molar-refractivity contribution in [3.05, 3.63) is 18.2 Å². The molecule has 2 aromatic heterocycles. The van der Waals surface area contributed by atoms with Crippen LogP contribution < -0.4 is 5.32 Å². The Morgan fingerprint density at radius 1 is 1.41 bits per heavy atom. The predicted octanol–water partition coefficient (Wildman–Crippen LogP) is 2.11. The van der Waals surface area contributed by atoms with Gasteiger partial charge in [0.2, 0.25) is 5.65 Å². The zero-order valence-corrected chi connectivity index (χ0v) is 10.9. The molecular weight excluding hydrogens is 238 g/mol. The minimum Gasteiger partial charge on any atom is -0.363 e. The maximum Gasteiger partial charge on any atom is 0.203 e. The molecule has 0 bridgehead atoms. The molecule has 6 heteroatoms. The highest BCUT2D eigenvalue weighted by Gasteiger charge is 2.15. The van der Waals surface area contributed by atoms with E-state index in [1.54, 1.807) is 6.20 Å². The van der Waals surface area contributed by atoms with Crippen molar-refractivity contribution in [1.29, 1.82) is 0 Å². The summed E-state index contributed by atoms with van der Waals surface area (Å²) in [6.07, 6.45) is 3.58. The van der Waals surface area contributed by atoms with Gasteiger partial charge in [-0.1, -0.05) is 13.8 Å². The van der Waals surface area contributed by atoms with Crippen LogP contribution in [0.15, 0.2) is 12.4 Å². The third kappa shape index (κ3) is 2.34. The van der Waals surface area contributed by atoms with Crippen molar-refractivity contribution < 1.29 is 0 Å². The van der Waals surface area contributed by atoms with E-state index in [9.17, 15) is 0 Å². The van der Waals surface area contributed by atoms with E-state index in [0.717, 1.165) is 17.3 Å². The van der Waals surface area contributed by atoms with Gasteiger partial charge in [-0.25, -0.2) is 4.98 Å². The molecule has 0 fully saturated rings. The van der Waals surface area contributed by atoms with Gasteiger partial charge in [0.15, 0.2) is 5.82 Å². The SMILES string of the molecule is Cc1nnc2c(NC(CCl)C(C)C)nccn12. The molecule has 0 saturated heterocycles. The molecule has 0 radical (unpaired) electrons. The van der Waals surface area contributed by atoms with E-state index in [-0.39, 0.29) is 6.04 Å². The maximum atomic E-state index is 5.94. The molecule has 1 atom stereocenters. The largest absolute Gasteiger partial charge is 0.363 e.